The van der Waals surface area contributed by atoms with E-state index in [0.29, 0.717) is 18.7 Å². The number of benzene rings is 1. The Morgan fingerprint density at radius 1 is 1.33 bits per heavy atom. The number of hydrogen-bond donors (Lipinski definition) is 1. The summed E-state index contributed by atoms with van der Waals surface area (Å²) in [4.78, 5) is 11.8. The lowest BCUT2D eigenvalue weighted by Gasteiger charge is -2.11. The number of thioether (sulfide) groups is 1. The number of sulfone groups is 1. The molecule has 2 rings (SSSR count). The summed E-state index contributed by atoms with van der Waals surface area (Å²) >= 11 is 1.44. The van der Waals surface area contributed by atoms with Crippen molar-refractivity contribution < 1.29 is 17.9 Å². The Hall–Kier alpha value is -1.21. The van der Waals surface area contributed by atoms with Gasteiger partial charge in [-0.2, -0.15) is 0 Å². The van der Waals surface area contributed by atoms with Gasteiger partial charge < -0.3 is 10.1 Å². The zero-order valence-electron chi connectivity index (χ0n) is 14.2. The van der Waals surface area contributed by atoms with Gasteiger partial charge in [-0.05, 0) is 44.4 Å². The fourth-order valence-electron chi connectivity index (χ4n) is 2.49. The van der Waals surface area contributed by atoms with E-state index >= 15 is 0 Å². The second-order valence-corrected chi connectivity index (χ2v) is 9.76. The minimum Gasteiger partial charge on any atom is -0.491 e. The Bertz CT molecular complexity index is 641. The Balaban J connectivity index is 1.64. The normalized spacial score (nSPS) is 19.4. The van der Waals surface area contributed by atoms with Crippen LogP contribution in [0.5, 0.6) is 5.75 Å². The fraction of sp³-hybridized carbons (Fsp3) is 0.588. The molecule has 0 saturated carbocycles. The first-order valence-corrected chi connectivity index (χ1v) is 11.1. The molecular formula is C17H25NO4S2. The van der Waals surface area contributed by atoms with Crippen LogP contribution < -0.4 is 10.1 Å². The third-order valence-electron chi connectivity index (χ3n) is 3.67. The summed E-state index contributed by atoms with van der Waals surface area (Å²) in [6.07, 6.45) is 1.57. The van der Waals surface area contributed by atoms with Crippen LogP contribution in [-0.2, 0) is 21.1 Å². The maximum absolute atomic E-state index is 11.8. The molecular weight excluding hydrogens is 346 g/mol. The predicted molar refractivity (Wildman–Crippen MR) is 98.4 cm³/mol. The number of rotatable bonds is 8. The van der Waals surface area contributed by atoms with Crippen molar-refractivity contribution >= 4 is 27.5 Å². The average molecular weight is 372 g/mol. The summed E-state index contributed by atoms with van der Waals surface area (Å²) in [5, 5.41) is 2.95. The molecule has 7 heteroatoms. The Morgan fingerprint density at radius 2 is 2.04 bits per heavy atom. The van der Waals surface area contributed by atoms with E-state index in [1.807, 2.05) is 38.1 Å². The van der Waals surface area contributed by atoms with Crippen LogP contribution in [0.4, 0.5) is 0 Å². The molecule has 1 amide bonds. The van der Waals surface area contributed by atoms with E-state index in [0.717, 1.165) is 17.7 Å². The maximum atomic E-state index is 11.8. The van der Waals surface area contributed by atoms with Gasteiger partial charge in [0.2, 0.25) is 5.91 Å². The first kappa shape index (κ1) is 19.1. The van der Waals surface area contributed by atoms with Gasteiger partial charge in [0.15, 0.2) is 9.84 Å². The summed E-state index contributed by atoms with van der Waals surface area (Å²) in [6.45, 7) is 4.55. The molecule has 1 fully saturated rings. The van der Waals surface area contributed by atoms with Gasteiger partial charge in [-0.15, -0.1) is 11.8 Å². The number of amides is 1. The van der Waals surface area contributed by atoms with Gasteiger partial charge in [0.25, 0.3) is 0 Å². The zero-order valence-corrected chi connectivity index (χ0v) is 15.8. The maximum Gasteiger partial charge on any atom is 0.230 e. The van der Waals surface area contributed by atoms with Crippen LogP contribution >= 0.6 is 11.8 Å². The quantitative estimate of drug-likeness (QED) is 0.757. The minimum absolute atomic E-state index is 0.0379. The van der Waals surface area contributed by atoms with Crippen molar-refractivity contribution in [1.82, 2.24) is 5.32 Å². The lowest BCUT2D eigenvalue weighted by Crippen LogP contribution is -2.28. The summed E-state index contributed by atoms with van der Waals surface area (Å²) in [7, 11) is -2.87. The molecule has 5 nitrogen and oxygen atoms in total. The first-order valence-electron chi connectivity index (χ1n) is 8.18. The lowest BCUT2D eigenvalue weighted by molar-refractivity contribution is -0.118. The van der Waals surface area contributed by atoms with Crippen molar-refractivity contribution in [3.8, 4) is 5.75 Å². The molecule has 0 radical (unpaired) electrons. The van der Waals surface area contributed by atoms with Crippen molar-refractivity contribution in [2.75, 3.05) is 23.8 Å². The van der Waals surface area contributed by atoms with Gasteiger partial charge >= 0.3 is 0 Å². The molecule has 0 aliphatic carbocycles. The highest BCUT2D eigenvalue weighted by Gasteiger charge is 2.28. The van der Waals surface area contributed by atoms with Gasteiger partial charge in [0.1, 0.15) is 5.75 Å². The average Bonchev–Trinajstić information content (AvgIpc) is 2.86. The first-order chi connectivity index (χ1) is 11.3. The largest absolute Gasteiger partial charge is 0.491 e. The van der Waals surface area contributed by atoms with Crippen LogP contribution in [0.15, 0.2) is 24.3 Å². The second-order valence-electron chi connectivity index (χ2n) is 6.25. The van der Waals surface area contributed by atoms with Crippen molar-refractivity contribution in [2.45, 2.75) is 38.0 Å². The molecule has 1 aliphatic heterocycles. The molecule has 1 unspecified atom stereocenters. The number of hydrogen-bond acceptors (Lipinski definition) is 5. The lowest BCUT2D eigenvalue weighted by atomic mass is 10.1. The van der Waals surface area contributed by atoms with Gasteiger partial charge in [-0.25, -0.2) is 8.42 Å². The Morgan fingerprint density at radius 3 is 2.62 bits per heavy atom. The second kappa shape index (κ2) is 8.76. The van der Waals surface area contributed by atoms with Crippen molar-refractivity contribution in [3.05, 3.63) is 29.8 Å². The standard InChI is InChI=1S/C17H25NO4S2/c1-13(2)22-15-5-3-14(4-6-15)7-9-18-17(19)11-23-16-8-10-24(20,21)12-16/h3-6,13,16H,7-12H2,1-2H3,(H,18,19). The van der Waals surface area contributed by atoms with Crippen LogP contribution in [0.1, 0.15) is 25.8 Å². The number of carbonyl (C=O) groups is 1. The van der Waals surface area contributed by atoms with Crippen molar-refractivity contribution in [2.24, 2.45) is 0 Å². The van der Waals surface area contributed by atoms with Gasteiger partial charge in [-0.3, -0.25) is 4.79 Å². The van der Waals surface area contributed by atoms with E-state index in [9.17, 15) is 13.2 Å². The van der Waals surface area contributed by atoms with E-state index in [1.165, 1.54) is 11.8 Å². The number of carbonyl (C=O) groups excluding carboxylic acids is 1. The van der Waals surface area contributed by atoms with Gasteiger partial charge in [0, 0.05) is 11.8 Å². The smallest absolute Gasteiger partial charge is 0.230 e. The summed E-state index contributed by atoms with van der Waals surface area (Å²) in [5.74, 6) is 1.59. The third kappa shape index (κ3) is 6.73. The number of nitrogens with one attached hydrogen (secondary N) is 1. The molecule has 0 spiro atoms. The Labute approximate surface area is 148 Å². The summed E-state index contributed by atoms with van der Waals surface area (Å²) < 4.78 is 28.3. The van der Waals surface area contributed by atoms with Crippen LogP contribution in [-0.4, -0.2) is 49.5 Å². The monoisotopic (exact) mass is 371 g/mol. The molecule has 1 aliphatic rings. The minimum atomic E-state index is -2.87. The van der Waals surface area contributed by atoms with E-state index in [4.69, 9.17) is 4.74 Å². The van der Waals surface area contributed by atoms with E-state index in [-0.39, 0.29) is 28.8 Å². The van der Waals surface area contributed by atoms with Crippen LogP contribution in [0.3, 0.4) is 0 Å². The summed E-state index contributed by atoms with van der Waals surface area (Å²) in [5.41, 5.74) is 1.14. The topological polar surface area (TPSA) is 72.5 Å². The van der Waals surface area contributed by atoms with E-state index in [1.54, 1.807) is 0 Å². The van der Waals surface area contributed by atoms with Gasteiger partial charge in [-0.1, -0.05) is 12.1 Å². The highest BCUT2D eigenvalue weighted by Crippen LogP contribution is 2.23. The van der Waals surface area contributed by atoms with Gasteiger partial charge in [0.05, 0.1) is 23.4 Å². The molecule has 0 bridgehead atoms. The molecule has 1 N–H and O–H groups in total. The Kier molecular flexibility index (Phi) is 6.98. The van der Waals surface area contributed by atoms with Crippen LogP contribution in [0.2, 0.25) is 0 Å². The molecule has 1 aromatic carbocycles. The predicted octanol–water partition coefficient (Wildman–Crippen LogP) is 2.05. The van der Waals surface area contributed by atoms with Crippen LogP contribution in [0.25, 0.3) is 0 Å². The molecule has 1 heterocycles. The van der Waals surface area contributed by atoms with E-state index < -0.39 is 9.84 Å². The summed E-state index contributed by atoms with van der Waals surface area (Å²) in [6, 6.07) is 7.88. The molecule has 1 aromatic rings. The molecule has 1 atom stereocenters. The molecule has 134 valence electrons. The van der Waals surface area contributed by atoms with Crippen molar-refractivity contribution in [1.29, 1.82) is 0 Å². The third-order valence-corrected chi connectivity index (χ3v) is 6.95. The molecule has 24 heavy (non-hydrogen) atoms. The van der Waals surface area contributed by atoms with Crippen molar-refractivity contribution in [3.63, 3.8) is 0 Å². The highest BCUT2D eigenvalue weighted by molar-refractivity contribution is 8.02. The van der Waals surface area contributed by atoms with Crippen LogP contribution in [0, 0.1) is 0 Å². The van der Waals surface area contributed by atoms with E-state index in [2.05, 4.69) is 5.32 Å². The zero-order chi connectivity index (χ0) is 17.6. The molecule has 1 saturated heterocycles. The SMILES string of the molecule is CC(C)Oc1ccc(CCNC(=O)CSC2CCS(=O)(=O)C2)cc1. The number of ether oxygens (including phenoxy) is 1. The fourth-order valence-corrected chi connectivity index (χ4v) is 5.96. The molecule has 0 aromatic heterocycles. The highest BCUT2D eigenvalue weighted by atomic mass is 32.2.